The van der Waals surface area contributed by atoms with E-state index >= 15 is 0 Å². The number of nitrogens with one attached hydrogen (secondary N) is 1. The van der Waals surface area contributed by atoms with Gasteiger partial charge in [-0.1, -0.05) is 45.7 Å². The summed E-state index contributed by atoms with van der Waals surface area (Å²) in [7, 11) is 0. The van der Waals surface area contributed by atoms with Gasteiger partial charge in [0.2, 0.25) is 0 Å². The van der Waals surface area contributed by atoms with Gasteiger partial charge < -0.3 is 10.1 Å². The van der Waals surface area contributed by atoms with E-state index in [0.29, 0.717) is 11.1 Å². The number of fused-ring (bicyclic) bond motifs is 1. The number of hydrogen-bond acceptors (Lipinski definition) is 4. The summed E-state index contributed by atoms with van der Waals surface area (Å²) in [5.74, 6) is 0. The number of benzene rings is 1. The summed E-state index contributed by atoms with van der Waals surface area (Å²) in [5, 5.41) is 4.74. The molecule has 0 radical (unpaired) electrons. The first-order chi connectivity index (χ1) is 10.1. The Bertz CT molecular complexity index is 796. The lowest BCUT2D eigenvalue weighted by Gasteiger charge is -2.30. The van der Waals surface area contributed by atoms with Gasteiger partial charge in [0, 0.05) is 17.1 Å². The van der Waals surface area contributed by atoms with Gasteiger partial charge in [-0.15, -0.1) is 0 Å². The SMILES string of the molecule is O=CC1(Br)C(Nc2ccccc2)=c2ccncc2=NC1Cl. The molecule has 1 aliphatic rings. The largest absolute Gasteiger partial charge is 0.357 e. The number of nitrogens with zero attached hydrogens (tertiary/aromatic N) is 2. The first-order valence-corrected chi connectivity index (χ1v) is 7.52. The molecule has 0 spiro atoms. The minimum Gasteiger partial charge on any atom is -0.357 e. The van der Waals surface area contributed by atoms with E-state index in [2.05, 4.69) is 31.2 Å². The van der Waals surface area contributed by atoms with Crippen LogP contribution in [0.3, 0.4) is 0 Å². The third kappa shape index (κ3) is 2.47. The van der Waals surface area contributed by atoms with Crippen molar-refractivity contribution in [1.29, 1.82) is 0 Å². The number of halogens is 2. The summed E-state index contributed by atoms with van der Waals surface area (Å²) in [5.41, 5.74) is 0.778. The standard InChI is InChI=1S/C15H11BrClN3O/c16-15(9-21)13(19-10-4-2-1-3-5-10)11-6-7-18-8-12(11)20-14(15)17/h1-9,14,19H. The lowest BCUT2D eigenvalue weighted by molar-refractivity contribution is -0.108. The fourth-order valence-corrected chi connectivity index (χ4v) is 2.87. The molecule has 0 bridgehead atoms. The number of carbonyl (C=O) groups is 1. The minimum absolute atomic E-state index is 0.660. The Kier molecular flexibility index (Phi) is 3.78. The first-order valence-electron chi connectivity index (χ1n) is 6.29. The van der Waals surface area contributed by atoms with Crippen molar-refractivity contribution in [3.05, 3.63) is 59.4 Å². The highest BCUT2D eigenvalue weighted by Crippen LogP contribution is 2.35. The zero-order chi connectivity index (χ0) is 14.9. The fourth-order valence-electron chi connectivity index (χ4n) is 2.19. The van der Waals surface area contributed by atoms with Gasteiger partial charge in [0.25, 0.3) is 0 Å². The number of para-hydroxylation sites is 1. The quantitative estimate of drug-likeness (QED) is 0.514. The van der Waals surface area contributed by atoms with E-state index in [0.717, 1.165) is 17.2 Å². The number of aldehydes is 1. The molecular formula is C15H11BrClN3O. The van der Waals surface area contributed by atoms with Crippen molar-refractivity contribution < 1.29 is 4.79 Å². The number of alkyl halides is 2. The highest BCUT2D eigenvalue weighted by atomic mass is 79.9. The van der Waals surface area contributed by atoms with Crippen LogP contribution in [0.1, 0.15) is 0 Å². The van der Waals surface area contributed by atoms with Gasteiger partial charge in [0.15, 0.2) is 9.83 Å². The molecule has 0 saturated carbocycles. The Labute approximate surface area is 134 Å². The molecule has 1 aromatic heterocycles. The number of pyridine rings is 1. The zero-order valence-corrected chi connectivity index (χ0v) is 13.2. The van der Waals surface area contributed by atoms with E-state index in [4.69, 9.17) is 11.6 Å². The first kappa shape index (κ1) is 14.2. The maximum absolute atomic E-state index is 11.6. The van der Waals surface area contributed by atoms with Crippen LogP contribution in [0.2, 0.25) is 0 Å². The maximum Gasteiger partial charge on any atom is 0.157 e. The monoisotopic (exact) mass is 363 g/mol. The van der Waals surface area contributed by atoms with Crippen molar-refractivity contribution in [2.24, 2.45) is 4.99 Å². The van der Waals surface area contributed by atoms with Crippen LogP contribution in [-0.4, -0.2) is 21.1 Å². The van der Waals surface area contributed by atoms with Gasteiger partial charge in [0.05, 0.1) is 17.3 Å². The van der Waals surface area contributed by atoms with Gasteiger partial charge in [-0.05, 0) is 18.2 Å². The Morgan fingerprint density at radius 3 is 2.76 bits per heavy atom. The molecular weight excluding hydrogens is 354 g/mol. The average molecular weight is 365 g/mol. The molecule has 4 nitrogen and oxygen atoms in total. The fraction of sp³-hybridized carbons (Fsp3) is 0.133. The zero-order valence-electron chi connectivity index (χ0n) is 10.8. The summed E-state index contributed by atoms with van der Waals surface area (Å²) in [6.07, 6.45) is 4.06. The predicted molar refractivity (Wildman–Crippen MR) is 85.9 cm³/mol. The summed E-state index contributed by atoms with van der Waals surface area (Å²) in [6.45, 7) is 0. The number of aromatic nitrogens is 1. The smallest absolute Gasteiger partial charge is 0.157 e. The Morgan fingerprint density at radius 1 is 1.29 bits per heavy atom. The highest BCUT2D eigenvalue weighted by Gasteiger charge is 2.42. The second kappa shape index (κ2) is 5.58. The van der Waals surface area contributed by atoms with E-state index in [9.17, 15) is 4.79 Å². The number of hydrogen-bond donors (Lipinski definition) is 1. The van der Waals surface area contributed by atoms with E-state index < -0.39 is 9.83 Å². The molecule has 0 amide bonds. The van der Waals surface area contributed by atoms with Crippen molar-refractivity contribution in [3.8, 4) is 0 Å². The molecule has 1 aliphatic heterocycles. The molecule has 0 aliphatic carbocycles. The molecule has 2 aromatic rings. The molecule has 0 fully saturated rings. The van der Waals surface area contributed by atoms with Crippen LogP contribution in [-0.2, 0) is 4.79 Å². The predicted octanol–water partition coefficient (Wildman–Crippen LogP) is 1.83. The minimum atomic E-state index is -1.10. The van der Waals surface area contributed by atoms with E-state index in [-0.39, 0.29) is 0 Å². The third-order valence-corrected chi connectivity index (χ3v) is 4.99. The van der Waals surface area contributed by atoms with Crippen LogP contribution in [0.5, 0.6) is 0 Å². The molecule has 2 heterocycles. The van der Waals surface area contributed by atoms with Crippen molar-refractivity contribution in [2.45, 2.75) is 9.83 Å². The van der Waals surface area contributed by atoms with E-state index in [1.54, 1.807) is 12.4 Å². The van der Waals surface area contributed by atoms with Crippen LogP contribution < -0.4 is 15.9 Å². The molecule has 2 unspecified atom stereocenters. The van der Waals surface area contributed by atoms with Crippen molar-refractivity contribution in [1.82, 2.24) is 4.98 Å². The van der Waals surface area contributed by atoms with Crippen LogP contribution in [0.15, 0.2) is 53.8 Å². The maximum atomic E-state index is 11.6. The van der Waals surface area contributed by atoms with Crippen molar-refractivity contribution in [3.63, 3.8) is 0 Å². The lowest BCUT2D eigenvalue weighted by atomic mass is 10.0. The Morgan fingerprint density at radius 2 is 2.05 bits per heavy atom. The third-order valence-electron chi connectivity index (χ3n) is 3.27. The van der Waals surface area contributed by atoms with Crippen molar-refractivity contribution in [2.75, 3.05) is 5.32 Å². The number of rotatable bonds is 3. The summed E-state index contributed by atoms with van der Waals surface area (Å²) in [6, 6.07) is 11.4. The van der Waals surface area contributed by atoms with Gasteiger partial charge >= 0.3 is 0 Å². The summed E-state index contributed by atoms with van der Waals surface area (Å²) in [4.78, 5) is 20.0. The molecule has 106 valence electrons. The molecule has 2 atom stereocenters. The summed E-state index contributed by atoms with van der Waals surface area (Å²) >= 11 is 9.72. The molecule has 1 N–H and O–H groups in total. The normalized spacial score (nSPS) is 23.9. The van der Waals surface area contributed by atoms with E-state index in [1.807, 2.05) is 36.4 Å². The van der Waals surface area contributed by atoms with E-state index in [1.165, 1.54) is 0 Å². The second-order valence-electron chi connectivity index (χ2n) is 4.61. The van der Waals surface area contributed by atoms with Crippen LogP contribution in [0.4, 0.5) is 5.69 Å². The van der Waals surface area contributed by atoms with Gasteiger partial charge in [-0.25, -0.2) is 0 Å². The lowest BCUT2D eigenvalue weighted by Crippen LogP contribution is -2.49. The molecule has 3 rings (SSSR count). The number of carbonyl (C=O) groups excluding carboxylic acids is 1. The van der Waals surface area contributed by atoms with Gasteiger partial charge in [0.1, 0.15) is 6.29 Å². The molecule has 6 heteroatoms. The molecule has 0 saturated heterocycles. The average Bonchev–Trinajstić information content (AvgIpc) is 2.53. The molecule has 1 aromatic carbocycles. The van der Waals surface area contributed by atoms with Crippen molar-refractivity contribution >= 4 is 45.2 Å². The van der Waals surface area contributed by atoms with Crippen LogP contribution in [0, 0.1) is 0 Å². The van der Waals surface area contributed by atoms with Gasteiger partial charge in [-0.3, -0.25) is 9.98 Å². The van der Waals surface area contributed by atoms with Crippen LogP contribution >= 0.6 is 27.5 Å². The summed E-state index contributed by atoms with van der Waals surface area (Å²) < 4.78 is -1.10. The number of anilines is 1. The molecule has 21 heavy (non-hydrogen) atoms. The Balaban J connectivity index is 2.25. The van der Waals surface area contributed by atoms with Crippen LogP contribution in [0.25, 0.3) is 5.70 Å². The second-order valence-corrected chi connectivity index (χ2v) is 6.34. The Hall–Kier alpha value is -1.72. The highest BCUT2D eigenvalue weighted by molar-refractivity contribution is 9.10. The topological polar surface area (TPSA) is 54.4 Å². The van der Waals surface area contributed by atoms with Gasteiger partial charge in [-0.2, -0.15) is 0 Å².